The highest BCUT2D eigenvalue weighted by atomic mass is 16.5. The van der Waals surface area contributed by atoms with Gasteiger partial charge in [-0.3, -0.25) is 4.79 Å². The Kier molecular flexibility index (Phi) is 7.16. The molecular weight excluding hydrogens is 384 g/mol. The van der Waals surface area contributed by atoms with Gasteiger partial charge in [-0.05, 0) is 47.5 Å². The minimum Gasteiger partial charge on any atom is -0.493 e. The zero-order chi connectivity index (χ0) is 21.3. The average molecular weight is 408 g/mol. The predicted molar refractivity (Wildman–Crippen MR) is 113 cm³/mol. The fraction of sp³-hybridized carbons (Fsp3) is 0.208. The molecule has 0 bridgehead atoms. The molecule has 156 valence electrons. The van der Waals surface area contributed by atoms with Gasteiger partial charge in [0.25, 0.3) is 0 Å². The van der Waals surface area contributed by atoms with Crippen molar-refractivity contribution in [3.8, 4) is 28.7 Å². The van der Waals surface area contributed by atoms with Crippen LogP contribution in [-0.4, -0.2) is 27.3 Å². The second-order valence-electron chi connectivity index (χ2n) is 6.43. The molecule has 0 aliphatic heterocycles. The van der Waals surface area contributed by atoms with Crippen LogP contribution in [0.2, 0.25) is 0 Å². The summed E-state index contributed by atoms with van der Waals surface area (Å²) >= 11 is 0. The maximum atomic E-state index is 12.3. The van der Waals surface area contributed by atoms with Crippen molar-refractivity contribution < 1.29 is 28.5 Å². The Bertz CT molecular complexity index is 959. The van der Waals surface area contributed by atoms with Crippen LogP contribution in [0.15, 0.2) is 66.7 Å². The lowest BCUT2D eigenvalue weighted by molar-refractivity contribution is -0.144. The Labute approximate surface area is 175 Å². The molecule has 6 nitrogen and oxygen atoms in total. The predicted octanol–water partition coefficient (Wildman–Crippen LogP) is 4.79. The molecule has 0 amide bonds. The van der Waals surface area contributed by atoms with E-state index in [1.807, 2.05) is 54.6 Å². The molecule has 0 saturated heterocycles. The zero-order valence-electron chi connectivity index (χ0n) is 17.2. The number of hydrogen-bond donors (Lipinski definition) is 0. The summed E-state index contributed by atoms with van der Waals surface area (Å²) in [5.41, 5.74) is 1.54. The summed E-state index contributed by atoms with van der Waals surface area (Å²) in [6.07, 6.45) is 0.0803. The van der Waals surface area contributed by atoms with Crippen molar-refractivity contribution in [3.05, 3.63) is 77.9 Å². The van der Waals surface area contributed by atoms with Crippen molar-refractivity contribution in [2.75, 3.05) is 21.3 Å². The highest BCUT2D eigenvalue weighted by molar-refractivity contribution is 5.73. The Balaban J connectivity index is 1.62. The summed E-state index contributed by atoms with van der Waals surface area (Å²) in [7, 11) is 4.59. The van der Waals surface area contributed by atoms with E-state index >= 15 is 0 Å². The Morgan fingerprint density at radius 2 is 1.40 bits per heavy atom. The van der Waals surface area contributed by atoms with Gasteiger partial charge in [0.2, 0.25) is 5.75 Å². The lowest BCUT2D eigenvalue weighted by atomic mass is 10.1. The van der Waals surface area contributed by atoms with Gasteiger partial charge in [-0.1, -0.05) is 30.3 Å². The van der Waals surface area contributed by atoms with Crippen LogP contribution in [0.25, 0.3) is 0 Å². The normalized spacial score (nSPS) is 10.2. The van der Waals surface area contributed by atoms with Gasteiger partial charge in [-0.25, -0.2) is 0 Å². The first-order valence-corrected chi connectivity index (χ1v) is 9.39. The summed E-state index contributed by atoms with van der Waals surface area (Å²) in [5.74, 6) is 2.52. The van der Waals surface area contributed by atoms with E-state index in [1.54, 1.807) is 12.1 Å². The number of hydrogen-bond acceptors (Lipinski definition) is 6. The Morgan fingerprint density at radius 3 is 2.03 bits per heavy atom. The third kappa shape index (κ3) is 5.44. The highest BCUT2D eigenvalue weighted by Crippen LogP contribution is 2.38. The van der Waals surface area contributed by atoms with Gasteiger partial charge in [0, 0.05) is 0 Å². The molecule has 0 unspecified atom stereocenters. The lowest BCUT2D eigenvalue weighted by Gasteiger charge is -2.14. The molecule has 0 saturated carbocycles. The summed E-state index contributed by atoms with van der Waals surface area (Å²) in [5, 5.41) is 0. The molecular formula is C24H24O6. The van der Waals surface area contributed by atoms with Crippen molar-refractivity contribution in [1.82, 2.24) is 0 Å². The van der Waals surface area contributed by atoms with Crippen molar-refractivity contribution in [3.63, 3.8) is 0 Å². The molecule has 3 rings (SSSR count). The summed E-state index contributed by atoms with van der Waals surface area (Å²) in [4.78, 5) is 12.3. The summed E-state index contributed by atoms with van der Waals surface area (Å²) < 4.78 is 27.2. The largest absolute Gasteiger partial charge is 0.493 e. The molecule has 0 aliphatic carbocycles. The molecule has 6 heteroatoms. The van der Waals surface area contributed by atoms with E-state index in [1.165, 1.54) is 21.3 Å². The monoisotopic (exact) mass is 408 g/mol. The van der Waals surface area contributed by atoms with Crippen LogP contribution in [0.1, 0.15) is 11.1 Å². The molecule has 3 aromatic rings. The third-order valence-corrected chi connectivity index (χ3v) is 4.35. The number of carbonyl (C=O) groups excluding carboxylic acids is 1. The van der Waals surface area contributed by atoms with Gasteiger partial charge >= 0.3 is 5.97 Å². The van der Waals surface area contributed by atoms with Crippen LogP contribution in [0.3, 0.4) is 0 Å². The summed E-state index contributed by atoms with van der Waals surface area (Å²) in [6, 6.07) is 20.4. The molecule has 0 heterocycles. The molecule has 0 N–H and O–H groups in total. The average Bonchev–Trinajstić information content (AvgIpc) is 2.78. The van der Waals surface area contributed by atoms with E-state index in [4.69, 9.17) is 23.7 Å². The topological polar surface area (TPSA) is 63.2 Å². The van der Waals surface area contributed by atoms with E-state index in [2.05, 4.69) is 0 Å². The minimum absolute atomic E-state index is 0.0803. The maximum absolute atomic E-state index is 12.3. The molecule has 3 aromatic carbocycles. The van der Waals surface area contributed by atoms with E-state index in [9.17, 15) is 4.79 Å². The van der Waals surface area contributed by atoms with Crippen molar-refractivity contribution in [2.45, 2.75) is 13.0 Å². The SMILES string of the molecule is COc1cc(CC(=O)OCc2cccc(Oc3ccccc3)c2)cc(OC)c1OC. The van der Waals surface area contributed by atoms with Crippen molar-refractivity contribution >= 4 is 5.97 Å². The number of esters is 1. The number of ether oxygens (including phenoxy) is 5. The summed E-state index contributed by atoms with van der Waals surface area (Å²) in [6.45, 7) is 0.148. The van der Waals surface area contributed by atoms with Gasteiger partial charge < -0.3 is 23.7 Å². The van der Waals surface area contributed by atoms with E-state index in [0.29, 0.717) is 28.6 Å². The van der Waals surface area contributed by atoms with E-state index in [-0.39, 0.29) is 19.0 Å². The Hall–Kier alpha value is -3.67. The van der Waals surface area contributed by atoms with Gasteiger partial charge in [-0.15, -0.1) is 0 Å². The van der Waals surface area contributed by atoms with Gasteiger partial charge in [0.05, 0.1) is 27.8 Å². The van der Waals surface area contributed by atoms with Crippen LogP contribution >= 0.6 is 0 Å². The molecule has 0 fully saturated rings. The quantitative estimate of drug-likeness (QED) is 0.475. The van der Waals surface area contributed by atoms with Crippen LogP contribution in [-0.2, 0) is 22.6 Å². The standard InChI is InChI=1S/C24H24O6/c1-26-21-13-18(14-22(27-2)24(21)28-3)15-23(25)29-16-17-8-7-11-20(12-17)30-19-9-5-4-6-10-19/h4-14H,15-16H2,1-3H3. The molecule has 0 atom stereocenters. The highest BCUT2D eigenvalue weighted by Gasteiger charge is 2.15. The van der Waals surface area contributed by atoms with Crippen molar-refractivity contribution in [2.24, 2.45) is 0 Å². The molecule has 0 radical (unpaired) electrons. The Morgan fingerprint density at radius 1 is 0.733 bits per heavy atom. The first-order chi connectivity index (χ1) is 14.6. The second-order valence-corrected chi connectivity index (χ2v) is 6.43. The smallest absolute Gasteiger partial charge is 0.310 e. The van der Waals surface area contributed by atoms with Crippen LogP contribution in [0.4, 0.5) is 0 Å². The van der Waals surface area contributed by atoms with Gasteiger partial charge in [0.1, 0.15) is 18.1 Å². The molecule has 0 aromatic heterocycles. The van der Waals surface area contributed by atoms with Crippen molar-refractivity contribution in [1.29, 1.82) is 0 Å². The number of para-hydroxylation sites is 1. The van der Waals surface area contributed by atoms with Crippen LogP contribution < -0.4 is 18.9 Å². The number of benzene rings is 3. The zero-order valence-corrected chi connectivity index (χ0v) is 17.2. The number of carbonyl (C=O) groups is 1. The second kappa shape index (κ2) is 10.2. The lowest BCUT2D eigenvalue weighted by Crippen LogP contribution is -2.08. The van der Waals surface area contributed by atoms with Crippen LogP contribution in [0, 0.1) is 0 Å². The molecule has 0 aliphatic rings. The first kappa shape index (κ1) is 21.0. The third-order valence-electron chi connectivity index (χ3n) is 4.35. The number of methoxy groups -OCH3 is 3. The fourth-order valence-corrected chi connectivity index (χ4v) is 2.94. The number of rotatable bonds is 9. The molecule has 0 spiro atoms. The van der Waals surface area contributed by atoms with Gasteiger partial charge in [0.15, 0.2) is 11.5 Å². The minimum atomic E-state index is -0.362. The van der Waals surface area contributed by atoms with Crippen LogP contribution in [0.5, 0.6) is 28.7 Å². The maximum Gasteiger partial charge on any atom is 0.310 e. The van der Waals surface area contributed by atoms with E-state index in [0.717, 1.165) is 11.3 Å². The molecule has 30 heavy (non-hydrogen) atoms. The first-order valence-electron chi connectivity index (χ1n) is 9.39. The van der Waals surface area contributed by atoms with Gasteiger partial charge in [-0.2, -0.15) is 0 Å². The fourth-order valence-electron chi connectivity index (χ4n) is 2.94. The van der Waals surface area contributed by atoms with E-state index < -0.39 is 0 Å².